The molecule has 156 valence electrons. The van der Waals surface area contributed by atoms with Crippen LogP contribution in [0.4, 0.5) is 0 Å². The number of carbonyl (C=O) groups is 1. The second kappa shape index (κ2) is 7.30. The van der Waals surface area contributed by atoms with Gasteiger partial charge in [0, 0.05) is 17.1 Å². The molecule has 30 heavy (non-hydrogen) atoms. The molecule has 0 N–H and O–H groups in total. The first-order valence-electron chi connectivity index (χ1n) is 11.1. The van der Waals surface area contributed by atoms with Crippen LogP contribution in [0.1, 0.15) is 51.0 Å². The van der Waals surface area contributed by atoms with Crippen molar-refractivity contribution >= 4 is 16.7 Å². The van der Waals surface area contributed by atoms with E-state index < -0.39 is 0 Å². The molecule has 3 nitrogen and oxygen atoms in total. The first-order chi connectivity index (χ1) is 14.5. The number of methoxy groups -OCH3 is 1. The van der Waals surface area contributed by atoms with Crippen LogP contribution in [0.3, 0.4) is 0 Å². The van der Waals surface area contributed by atoms with Crippen LogP contribution in [0.2, 0.25) is 0 Å². The van der Waals surface area contributed by atoms with Crippen molar-refractivity contribution in [3.05, 3.63) is 60.2 Å². The lowest BCUT2D eigenvalue weighted by atomic mass is 9.47. The fourth-order valence-electron chi connectivity index (χ4n) is 6.88. The summed E-state index contributed by atoms with van der Waals surface area (Å²) in [5.74, 6) is 3.83. The molecule has 0 amide bonds. The summed E-state index contributed by atoms with van der Waals surface area (Å²) in [5.41, 5.74) is 2.42. The van der Waals surface area contributed by atoms with Gasteiger partial charge in [-0.1, -0.05) is 24.8 Å². The van der Waals surface area contributed by atoms with Crippen molar-refractivity contribution in [2.24, 2.45) is 17.8 Å². The van der Waals surface area contributed by atoms with Crippen molar-refractivity contribution < 1.29 is 14.3 Å². The number of allylic oxidation sites excluding steroid dienone is 2. The Morgan fingerprint density at radius 2 is 1.73 bits per heavy atom. The van der Waals surface area contributed by atoms with Gasteiger partial charge in [0.1, 0.15) is 11.5 Å². The molecule has 2 aromatic carbocycles. The maximum absolute atomic E-state index is 12.1. The predicted octanol–water partition coefficient (Wildman–Crippen LogP) is 6.35. The molecule has 0 saturated heterocycles. The van der Waals surface area contributed by atoms with Crippen LogP contribution in [0.15, 0.2) is 54.6 Å². The van der Waals surface area contributed by atoms with Crippen molar-refractivity contribution in [1.29, 1.82) is 0 Å². The van der Waals surface area contributed by atoms with Crippen molar-refractivity contribution in [3.63, 3.8) is 0 Å². The highest BCUT2D eigenvalue weighted by molar-refractivity contribution is 5.91. The highest BCUT2D eigenvalue weighted by atomic mass is 16.5. The monoisotopic (exact) mass is 402 g/mol. The lowest BCUT2D eigenvalue weighted by Crippen LogP contribution is -2.48. The molecule has 0 aromatic heterocycles. The number of hydrogen-bond donors (Lipinski definition) is 0. The highest BCUT2D eigenvalue weighted by Crippen LogP contribution is 2.62. The van der Waals surface area contributed by atoms with E-state index in [4.69, 9.17) is 9.47 Å². The number of fused-ring (bicyclic) bond motifs is 1. The minimum atomic E-state index is -0.374. The Hall–Kier alpha value is -2.55. The van der Waals surface area contributed by atoms with Crippen LogP contribution in [-0.4, -0.2) is 13.1 Å². The molecule has 2 aromatic rings. The Balaban J connectivity index is 1.55. The van der Waals surface area contributed by atoms with Crippen LogP contribution < -0.4 is 9.47 Å². The number of carbonyl (C=O) groups excluding carboxylic acids is 1. The van der Waals surface area contributed by atoms with Gasteiger partial charge >= 0.3 is 5.97 Å². The molecular weight excluding hydrogens is 372 g/mol. The Morgan fingerprint density at radius 1 is 1.07 bits per heavy atom. The average Bonchev–Trinajstić information content (AvgIpc) is 2.71. The quantitative estimate of drug-likeness (QED) is 0.253. The van der Waals surface area contributed by atoms with E-state index in [-0.39, 0.29) is 11.4 Å². The summed E-state index contributed by atoms with van der Waals surface area (Å²) < 4.78 is 11.4. The second-order valence-electron chi connectivity index (χ2n) is 9.74. The molecule has 0 radical (unpaired) electrons. The lowest BCUT2D eigenvalue weighted by Gasteiger charge is -2.57. The highest BCUT2D eigenvalue weighted by Gasteiger charge is 2.52. The second-order valence-corrected chi connectivity index (χ2v) is 9.74. The summed E-state index contributed by atoms with van der Waals surface area (Å²) >= 11 is 0. The van der Waals surface area contributed by atoms with Crippen molar-refractivity contribution in [1.82, 2.24) is 0 Å². The molecular formula is C27H30O3. The molecule has 0 unspecified atom stereocenters. The Labute approximate surface area is 178 Å². The lowest BCUT2D eigenvalue weighted by molar-refractivity contribution is -0.129. The normalized spacial score (nSPS) is 29.8. The predicted molar refractivity (Wildman–Crippen MR) is 120 cm³/mol. The molecule has 4 fully saturated rings. The van der Waals surface area contributed by atoms with Crippen molar-refractivity contribution in [3.8, 4) is 11.5 Å². The maximum Gasteiger partial charge on any atom is 0.336 e. The van der Waals surface area contributed by atoms with Crippen molar-refractivity contribution in [2.75, 3.05) is 7.11 Å². The maximum atomic E-state index is 12.1. The number of esters is 1. The largest absolute Gasteiger partial charge is 0.496 e. The van der Waals surface area contributed by atoms with E-state index in [9.17, 15) is 4.79 Å². The number of ether oxygens (including phenoxy) is 2. The van der Waals surface area contributed by atoms with Crippen LogP contribution in [0, 0.1) is 17.8 Å². The van der Waals surface area contributed by atoms with Gasteiger partial charge in [-0.25, -0.2) is 4.79 Å². The van der Waals surface area contributed by atoms with Gasteiger partial charge in [-0.05, 0) is 97.7 Å². The molecule has 0 aliphatic heterocycles. The zero-order valence-electron chi connectivity index (χ0n) is 17.9. The van der Waals surface area contributed by atoms with Gasteiger partial charge in [0.2, 0.25) is 0 Å². The Bertz CT molecular complexity index is 1010. The molecule has 3 heteroatoms. The fraction of sp³-hybridized carbons (Fsp3) is 0.444. The van der Waals surface area contributed by atoms with Gasteiger partial charge in [0.05, 0.1) is 7.11 Å². The van der Waals surface area contributed by atoms with Gasteiger partial charge < -0.3 is 9.47 Å². The molecule has 0 spiro atoms. The molecule has 4 aliphatic rings. The molecule has 0 atom stereocenters. The van der Waals surface area contributed by atoms with E-state index in [1.54, 1.807) is 13.2 Å². The topological polar surface area (TPSA) is 35.5 Å². The summed E-state index contributed by atoms with van der Waals surface area (Å²) in [5, 5.41) is 2.35. The third-order valence-corrected chi connectivity index (χ3v) is 7.63. The van der Waals surface area contributed by atoms with Gasteiger partial charge in [-0.3, -0.25) is 0 Å². The summed E-state index contributed by atoms with van der Waals surface area (Å²) in [6.07, 6.45) is 11.2. The third kappa shape index (κ3) is 3.25. The minimum absolute atomic E-state index is 0.238. The standard InChI is InChI=1S/C27H30O3/c1-4-17(2)9-25(28)30-22-6-7-23-21(13-22)5-8-24(29-3)26(23)27-14-18-10-19(15-27)12-20(11-18)16-27/h4-9,13,18-20H,1,10-12,14-16H2,2-3H3. The Morgan fingerprint density at radius 3 is 2.33 bits per heavy atom. The number of hydrogen-bond acceptors (Lipinski definition) is 3. The summed E-state index contributed by atoms with van der Waals surface area (Å²) in [6, 6.07) is 10.2. The van der Waals surface area contributed by atoms with Crippen LogP contribution in [-0.2, 0) is 10.2 Å². The number of rotatable bonds is 5. The fourth-order valence-corrected chi connectivity index (χ4v) is 6.88. The van der Waals surface area contributed by atoms with E-state index in [2.05, 4.69) is 24.8 Å². The van der Waals surface area contributed by atoms with E-state index >= 15 is 0 Å². The first-order valence-corrected chi connectivity index (χ1v) is 11.1. The van der Waals surface area contributed by atoms with Crippen molar-refractivity contribution in [2.45, 2.75) is 50.9 Å². The molecule has 6 rings (SSSR count). The van der Waals surface area contributed by atoms with Gasteiger partial charge in [0.15, 0.2) is 0 Å². The van der Waals surface area contributed by atoms with E-state index in [0.717, 1.165) is 34.5 Å². The van der Waals surface area contributed by atoms with Crippen LogP contribution in [0.5, 0.6) is 11.5 Å². The summed E-state index contributed by atoms with van der Waals surface area (Å²) in [6.45, 7) is 5.51. The third-order valence-electron chi connectivity index (χ3n) is 7.63. The van der Waals surface area contributed by atoms with Crippen LogP contribution >= 0.6 is 0 Å². The smallest absolute Gasteiger partial charge is 0.336 e. The van der Waals surface area contributed by atoms with Gasteiger partial charge in [-0.2, -0.15) is 0 Å². The van der Waals surface area contributed by atoms with Gasteiger partial charge in [0.25, 0.3) is 0 Å². The molecule has 4 aliphatic carbocycles. The zero-order chi connectivity index (χ0) is 20.9. The summed E-state index contributed by atoms with van der Waals surface area (Å²) in [4.78, 5) is 12.1. The molecule has 0 heterocycles. The van der Waals surface area contributed by atoms with E-state index in [0.29, 0.717) is 5.75 Å². The molecule has 4 saturated carbocycles. The number of benzene rings is 2. The van der Waals surface area contributed by atoms with Crippen LogP contribution in [0.25, 0.3) is 10.8 Å². The minimum Gasteiger partial charge on any atom is -0.496 e. The zero-order valence-corrected chi connectivity index (χ0v) is 17.9. The average molecular weight is 403 g/mol. The molecule has 4 bridgehead atoms. The van der Waals surface area contributed by atoms with Gasteiger partial charge in [-0.15, -0.1) is 0 Å². The Kier molecular flexibility index (Phi) is 4.72. The van der Waals surface area contributed by atoms with E-state index in [1.807, 2.05) is 19.1 Å². The first kappa shape index (κ1) is 19.4. The SMILES string of the molecule is C=CC(C)=CC(=O)Oc1ccc2c(C34CC5CC(CC(C5)C3)C4)c(OC)ccc2c1. The van der Waals surface area contributed by atoms with E-state index in [1.165, 1.54) is 55.6 Å². The summed E-state index contributed by atoms with van der Waals surface area (Å²) in [7, 11) is 1.79.